The van der Waals surface area contributed by atoms with Crippen molar-refractivity contribution in [2.75, 3.05) is 6.61 Å². The lowest BCUT2D eigenvalue weighted by atomic mass is 9.99. The van der Waals surface area contributed by atoms with Crippen molar-refractivity contribution in [1.29, 1.82) is 0 Å². The Balaban J connectivity index is 1.62. The zero-order valence-electron chi connectivity index (χ0n) is 17.1. The first-order chi connectivity index (χ1) is 14.5. The van der Waals surface area contributed by atoms with E-state index < -0.39 is 11.9 Å². The molecule has 2 heterocycles. The largest absolute Gasteiger partial charge is 0.494 e. The maximum absolute atomic E-state index is 13.2. The number of hydrogen-bond acceptors (Lipinski definition) is 4. The fraction of sp³-hybridized carbons (Fsp3) is 0.333. The summed E-state index contributed by atoms with van der Waals surface area (Å²) in [6.45, 7) is 4.68. The van der Waals surface area contributed by atoms with Crippen LogP contribution in [0.25, 0.3) is 11.0 Å². The predicted molar refractivity (Wildman–Crippen MR) is 118 cm³/mol. The van der Waals surface area contributed by atoms with Gasteiger partial charge in [0.1, 0.15) is 11.3 Å². The maximum Gasteiger partial charge on any atom is 0.288 e. The van der Waals surface area contributed by atoms with Gasteiger partial charge in [-0.1, -0.05) is 49.9 Å². The topological polar surface area (TPSA) is 68.5 Å². The molecule has 4 rings (SSSR count). The number of hydrogen-bond donors (Lipinski definition) is 1. The summed E-state index contributed by atoms with van der Waals surface area (Å²) < 4.78 is 11.6. The summed E-state index contributed by atoms with van der Waals surface area (Å²) in [6, 6.07) is 10.2. The molecule has 1 aliphatic rings. The van der Waals surface area contributed by atoms with Crippen molar-refractivity contribution in [3.63, 3.8) is 0 Å². The molecule has 1 N–H and O–H groups in total. The van der Waals surface area contributed by atoms with Crippen molar-refractivity contribution in [3.05, 3.63) is 74.1 Å². The molecule has 0 saturated heterocycles. The molecule has 1 aromatic heterocycles. The van der Waals surface area contributed by atoms with E-state index >= 15 is 0 Å². The molecule has 0 spiro atoms. The van der Waals surface area contributed by atoms with Crippen LogP contribution in [0.3, 0.4) is 0 Å². The highest BCUT2D eigenvalue weighted by atomic mass is 35.5. The molecule has 0 fully saturated rings. The molecule has 6 heteroatoms. The van der Waals surface area contributed by atoms with Crippen LogP contribution in [-0.2, 0) is 0 Å². The van der Waals surface area contributed by atoms with E-state index in [9.17, 15) is 9.59 Å². The van der Waals surface area contributed by atoms with E-state index in [2.05, 4.69) is 12.2 Å². The number of amides is 1. The summed E-state index contributed by atoms with van der Waals surface area (Å²) in [4.78, 5) is 25.7. The van der Waals surface area contributed by atoms with E-state index in [0.29, 0.717) is 28.2 Å². The Kier molecular flexibility index (Phi) is 5.82. The van der Waals surface area contributed by atoms with Crippen LogP contribution in [0.5, 0.6) is 5.75 Å². The van der Waals surface area contributed by atoms with Crippen LogP contribution < -0.4 is 15.5 Å². The van der Waals surface area contributed by atoms with Gasteiger partial charge in [0.05, 0.1) is 23.6 Å². The fourth-order valence-electron chi connectivity index (χ4n) is 3.76. The van der Waals surface area contributed by atoms with Crippen molar-refractivity contribution in [3.8, 4) is 5.75 Å². The Morgan fingerprint density at radius 2 is 1.87 bits per heavy atom. The van der Waals surface area contributed by atoms with E-state index in [1.165, 1.54) is 12.8 Å². The molecule has 0 bridgehead atoms. The van der Waals surface area contributed by atoms with Crippen molar-refractivity contribution in [1.82, 2.24) is 5.32 Å². The van der Waals surface area contributed by atoms with E-state index in [4.69, 9.17) is 20.8 Å². The summed E-state index contributed by atoms with van der Waals surface area (Å²) in [7, 11) is 0. The normalized spacial score (nSPS) is 15.3. The molecular formula is C24H24ClNO4. The Morgan fingerprint density at radius 1 is 1.10 bits per heavy atom. The van der Waals surface area contributed by atoms with Crippen LogP contribution in [0.1, 0.15) is 65.9 Å². The van der Waals surface area contributed by atoms with E-state index in [1.807, 2.05) is 31.2 Å². The van der Waals surface area contributed by atoms with E-state index in [-0.39, 0.29) is 11.2 Å². The average Bonchev–Trinajstić information content (AvgIpc) is 3.07. The van der Waals surface area contributed by atoms with Crippen molar-refractivity contribution in [2.24, 2.45) is 0 Å². The first-order valence-corrected chi connectivity index (χ1v) is 10.7. The number of carbonyl (C=O) groups is 1. The predicted octanol–water partition coefficient (Wildman–Crippen LogP) is 5.55. The van der Waals surface area contributed by atoms with Gasteiger partial charge in [-0.2, -0.15) is 0 Å². The van der Waals surface area contributed by atoms with Crippen LogP contribution in [-0.4, -0.2) is 12.5 Å². The first kappa shape index (κ1) is 20.5. The van der Waals surface area contributed by atoms with Gasteiger partial charge in [-0.15, -0.1) is 0 Å². The van der Waals surface area contributed by atoms with Crippen LogP contribution in [0.15, 0.2) is 45.6 Å². The molecule has 0 radical (unpaired) electrons. The summed E-state index contributed by atoms with van der Waals surface area (Å²) >= 11 is 6.20. The molecule has 1 atom stereocenters. The minimum atomic E-state index is -0.563. The first-order valence-electron chi connectivity index (χ1n) is 10.3. The lowest BCUT2D eigenvalue weighted by Gasteiger charge is -2.13. The number of aryl methyl sites for hydroxylation is 1. The van der Waals surface area contributed by atoms with Gasteiger partial charge in [-0.3, -0.25) is 9.59 Å². The van der Waals surface area contributed by atoms with Gasteiger partial charge in [-0.05, 0) is 48.7 Å². The third kappa shape index (κ3) is 3.82. The number of ether oxygens (including phenoxy) is 1. The molecule has 3 aromatic rings. The molecule has 5 nitrogen and oxygen atoms in total. The Bertz CT molecular complexity index is 1150. The SMILES string of the molecule is CCCCCCOc1ccc(C2NC(=O)c3oc4cc(C)c(Cl)cc4c(=O)c32)cc1. The van der Waals surface area contributed by atoms with E-state index in [1.54, 1.807) is 12.1 Å². The average molecular weight is 426 g/mol. The lowest BCUT2D eigenvalue weighted by molar-refractivity contribution is 0.0938. The number of carbonyl (C=O) groups excluding carboxylic acids is 1. The Morgan fingerprint density at radius 3 is 2.60 bits per heavy atom. The smallest absolute Gasteiger partial charge is 0.288 e. The third-order valence-corrected chi connectivity index (χ3v) is 5.86. The van der Waals surface area contributed by atoms with Crippen LogP contribution in [0.4, 0.5) is 0 Å². The van der Waals surface area contributed by atoms with Gasteiger partial charge >= 0.3 is 0 Å². The molecule has 156 valence electrons. The molecule has 0 aliphatic carbocycles. The molecule has 1 unspecified atom stereocenters. The van der Waals surface area contributed by atoms with E-state index in [0.717, 1.165) is 29.7 Å². The molecule has 30 heavy (non-hydrogen) atoms. The van der Waals surface area contributed by atoms with Gasteiger partial charge in [0.15, 0.2) is 5.43 Å². The highest BCUT2D eigenvalue weighted by Gasteiger charge is 2.36. The number of nitrogens with one attached hydrogen (secondary N) is 1. The van der Waals surface area contributed by atoms with Gasteiger partial charge in [0.2, 0.25) is 5.76 Å². The molecule has 0 saturated carbocycles. The van der Waals surface area contributed by atoms with Gasteiger partial charge < -0.3 is 14.5 Å². The summed E-state index contributed by atoms with van der Waals surface area (Å²) in [6.07, 6.45) is 4.59. The quantitative estimate of drug-likeness (QED) is 0.504. The number of rotatable bonds is 7. The molecule has 1 amide bonds. The fourth-order valence-corrected chi connectivity index (χ4v) is 3.92. The molecule has 1 aliphatic heterocycles. The van der Waals surface area contributed by atoms with Crippen molar-refractivity contribution < 1.29 is 13.9 Å². The standard InChI is InChI=1S/C24H24ClNO4/c1-3-4-5-6-11-29-16-9-7-15(8-10-16)21-20-22(27)17-13-18(25)14(2)12-19(17)30-23(20)24(28)26-21/h7-10,12-13,21H,3-6,11H2,1-2H3,(H,26,28). The zero-order chi connectivity index (χ0) is 21.3. The van der Waals surface area contributed by atoms with Crippen LogP contribution in [0.2, 0.25) is 5.02 Å². The van der Waals surface area contributed by atoms with Gasteiger partial charge in [0.25, 0.3) is 5.91 Å². The van der Waals surface area contributed by atoms with Crippen molar-refractivity contribution >= 4 is 28.5 Å². The molecular weight excluding hydrogens is 402 g/mol. The minimum absolute atomic E-state index is 0.0653. The third-order valence-electron chi connectivity index (χ3n) is 5.46. The second-order valence-corrected chi connectivity index (χ2v) is 8.06. The minimum Gasteiger partial charge on any atom is -0.494 e. The number of fused-ring (bicyclic) bond motifs is 2. The monoisotopic (exact) mass is 425 g/mol. The van der Waals surface area contributed by atoms with Gasteiger partial charge in [-0.25, -0.2) is 0 Å². The summed E-state index contributed by atoms with van der Waals surface area (Å²) in [5, 5.41) is 3.72. The lowest BCUT2D eigenvalue weighted by Crippen LogP contribution is -2.21. The maximum atomic E-state index is 13.2. The highest BCUT2D eigenvalue weighted by molar-refractivity contribution is 6.32. The van der Waals surface area contributed by atoms with Crippen LogP contribution >= 0.6 is 11.6 Å². The summed E-state index contributed by atoms with van der Waals surface area (Å²) in [5.74, 6) is 0.445. The Labute approximate surface area is 180 Å². The summed E-state index contributed by atoms with van der Waals surface area (Å²) in [5.41, 5.74) is 2.02. The Hall–Kier alpha value is -2.79. The van der Waals surface area contributed by atoms with Crippen molar-refractivity contribution in [2.45, 2.75) is 45.6 Å². The molecule has 2 aromatic carbocycles. The van der Waals surface area contributed by atoms with Gasteiger partial charge in [0, 0.05) is 5.02 Å². The number of halogens is 1. The zero-order valence-corrected chi connectivity index (χ0v) is 17.8. The number of benzene rings is 2. The second kappa shape index (κ2) is 8.52. The highest BCUT2D eigenvalue weighted by Crippen LogP contribution is 2.33. The number of unbranched alkanes of at least 4 members (excludes halogenated alkanes) is 3. The second-order valence-electron chi connectivity index (χ2n) is 7.66. The van der Waals surface area contributed by atoms with Crippen LogP contribution in [0, 0.1) is 6.92 Å².